The van der Waals surface area contributed by atoms with Crippen LogP contribution in [0.3, 0.4) is 0 Å². The molecule has 0 unspecified atom stereocenters. The monoisotopic (exact) mass is 380 g/mol. The predicted molar refractivity (Wildman–Crippen MR) is 123 cm³/mol. The van der Waals surface area contributed by atoms with Crippen LogP contribution in [0.1, 0.15) is 44.8 Å². The zero-order chi connectivity index (χ0) is 20.4. The number of benzene rings is 2. The second-order valence-electron chi connectivity index (χ2n) is 8.60. The van der Waals surface area contributed by atoms with Crippen LogP contribution in [0.2, 0.25) is 0 Å². The zero-order valence-corrected chi connectivity index (χ0v) is 18.2. The van der Waals surface area contributed by atoms with E-state index in [-0.39, 0.29) is 0 Å². The molecule has 0 spiro atoms. The summed E-state index contributed by atoms with van der Waals surface area (Å²) >= 11 is 0. The summed E-state index contributed by atoms with van der Waals surface area (Å²) in [4.78, 5) is 7.40. The van der Waals surface area contributed by atoms with E-state index in [1.807, 2.05) is 0 Å². The summed E-state index contributed by atoms with van der Waals surface area (Å²) in [6, 6.07) is 13.5. The summed E-state index contributed by atoms with van der Waals surface area (Å²) in [6.07, 6.45) is 0.989. The third-order valence-electron chi connectivity index (χ3n) is 7.13. The van der Waals surface area contributed by atoms with Gasteiger partial charge in [-0.05, 0) is 92.5 Å². The third-order valence-corrected chi connectivity index (χ3v) is 7.13. The Balaban J connectivity index is 1.87. The molecule has 2 N–H and O–H groups in total. The summed E-state index contributed by atoms with van der Waals surface area (Å²) in [5, 5.41) is 0. The van der Waals surface area contributed by atoms with Gasteiger partial charge in [-0.3, -0.25) is 0 Å². The van der Waals surface area contributed by atoms with Gasteiger partial charge in [-0.15, -0.1) is 0 Å². The van der Waals surface area contributed by atoms with Crippen LogP contribution in [0.25, 0.3) is 33.6 Å². The molecule has 0 radical (unpaired) electrons. The molecule has 4 aromatic rings. The summed E-state index contributed by atoms with van der Waals surface area (Å²) in [5.41, 5.74) is 18.7. The van der Waals surface area contributed by atoms with Crippen molar-refractivity contribution in [3.8, 4) is 33.6 Å². The molecule has 0 aliphatic heterocycles. The molecule has 2 aromatic carbocycles. The first-order valence-corrected chi connectivity index (χ1v) is 10.4. The number of hydrogen-bond donors (Lipinski definition) is 2. The van der Waals surface area contributed by atoms with Gasteiger partial charge in [0.2, 0.25) is 0 Å². The Hall–Kier alpha value is -3.00. The molecule has 2 heterocycles. The first-order valence-electron chi connectivity index (χ1n) is 10.4. The van der Waals surface area contributed by atoms with Gasteiger partial charge in [0.05, 0.1) is 0 Å². The van der Waals surface area contributed by atoms with E-state index in [1.165, 1.54) is 78.4 Å². The molecule has 2 heteroatoms. The molecule has 5 rings (SSSR count). The molecule has 1 aliphatic carbocycles. The largest absolute Gasteiger partial charge is 0.358 e. The van der Waals surface area contributed by atoms with Gasteiger partial charge in [0.1, 0.15) is 0 Å². The van der Waals surface area contributed by atoms with Crippen molar-refractivity contribution in [1.29, 1.82) is 0 Å². The quantitative estimate of drug-likeness (QED) is 0.327. The molecular formula is C27H28N2. The Kier molecular flexibility index (Phi) is 3.89. The molecule has 0 fully saturated rings. The maximum absolute atomic E-state index is 3.72. The molecule has 29 heavy (non-hydrogen) atoms. The number of aromatic nitrogens is 2. The molecule has 2 nitrogen and oxygen atoms in total. The molecule has 0 bridgehead atoms. The van der Waals surface area contributed by atoms with Crippen LogP contribution >= 0.6 is 0 Å². The zero-order valence-electron chi connectivity index (χ0n) is 18.2. The highest BCUT2D eigenvalue weighted by Gasteiger charge is 2.27. The molecule has 146 valence electrons. The molecule has 1 aliphatic rings. The van der Waals surface area contributed by atoms with Crippen molar-refractivity contribution in [3.63, 3.8) is 0 Å². The Bertz CT molecular complexity index is 1280. The predicted octanol–water partition coefficient (Wildman–Crippen LogP) is 7.10. The van der Waals surface area contributed by atoms with E-state index in [1.54, 1.807) is 0 Å². The van der Waals surface area contributed by atoms with Crippen LogP contribution < -0.4 is 0 Å². The topological polar surface area (TPSA) is 31.6 Å². The third kappa shape index (κ3) is 2.48. The lowest BCUT2D eigenvalue weighted by molar-refractivity contribution is 1.21. The number of nitrogens with one attached hydrogen (secondary N) is 2. The highest BCUT2D eigenvalue weighted by molar-refractivity contribution is 5.94. The van der Waals surface area contributed by atoms with Crippen molar-refractivity contribution < 1.29 is 0 Å². The first kappa shape index (κ1) is 18.1. The molecule has 2 aromatic heterocycles. The van der Waals surface area contributed by atoms with Crippen LogP contribution in [0.4, 0.5) is 0 Å². The minimum absolute atomic E-state index is 0.989. The summed E-state index contributed by atoms with van der Waals surface area (Å²) in [7, 11) is 0. The van der Waals surface area contributed by atoms with Gasteiger partial charge in [0.15, 0.2) is 0 Å². The maximum atomic E-state index is 3.72. The number of aryl methyl sites for hydroxylation is 2. The summed E-state index contributed by atoms with van der Waals surface area (Å²) in [5.74, 6) is 0. The van der Waals surface area contributed by atoms with Crippen LogP contribution in [-0.4, -0.2) is 9.97 Å². The molecule has 0 amide bonds. The Labute approximate surface area is 173 Å². The van der Waals surface area contributed by atoms with Crippen molar-refractivity contribution in [1.82, 2.24) is 9.97 Å². The molecule has 0 saturated carbocycles. The average Bonchev–Trinajstić information content (AvgIpc) is 3.31. The number of fused-ring (bicyclic) bond motifs is 3. The number of aromatic amines is 2. The smallest absolute Gasteiger partial charge is 0.0498 e. The first-order chi connectivity index (χ1) is 13.9. The van der Waals surface area contributed by atoms with Crippen molar-refractivity contribution in [2.24, 2.45) is 0 Å². The second-order valence-corrected chi connectivity index (χ2v) is 8.60. The van der Waals surface area contributed by atoms with Crippen molar-refractivity contribution in [3.05, 3.63) is 81.2 Å². The maximum Gasteiger partial charge on any atom is 0.0498 e. The highest BCUT2D eigenvalue weighted by atomic mass is 14.8. The number of H-pyrrole nitrogens is 2. The Morgan fingerprint density at radius 1 is 0.586 bits per heavy atom. The van der Waals surface area contributed by atoms with Crippen molar-refractivity contribution >= 4 is 0 Å². The van der Waals surface area contributed by atoms with Gasteiger partial charge in [-0.2, -0.15) is 0 Å². The minimum Gasteiger partial charge on any atom is -0.358 e. The lowest BCUT2D eigenvalue weighted by atomic mass is 9.89. The van der Waals surface area contributed by atoms with Gasteiger partial charge >= 0.3 is 0 Å². The van der Waals surface area contributed by atoms with E-state index in [4.69, 9.17) is 0 Å². The van der Waals surface area contributed by atoms with E-state index in [0.717, 1.165) is 6.42 Å². The number of rotatable bonds is 2. The summed E-state index contributed by atoms with van der Waals surface area (Å²) < 4.78 is 0. The fraction of sp³-hybridized carbons (Fsp3) is 0.259. The van der Waals surface area contributed by atoms with Gasteiger partial charge in [0, 0.05) is 33.9 Å². The second kappa shape index (κ2) is 6.25. The lowest BCUT2D eigenvalue weighted by Gasteiger charge is -2.16. The Morgan fingerprint density at radius 3 is 1.79 bits per heavy atom. The van der Waals surface area contributed by atoms with Gasteiger partial charge < -0.3 is 9.97 Å². The molecular weight excluding hydrogens is 352 g/mol. The highest BCUT2D eigenvalue weighted by Crippen LogP contribution is 2.47. The van der Waals surface area contributed by atoms with E-state index in [2.05, 4.69) is 87.9 Å². The minimum atomic E-state index is 0.989. The van der Waals surface area contributed by atoms with Gasteiger partial charge in [-0.1, -0.05) is 36.4 Å². The average molecular weight is 381 g/mol. The van der Waals surface area contributed by atoms with Crippen LogP contribution in [0.5, 0.6) is 0 Å². The van der Waals surface area contributed by atoms with Crippen molar-refractivity contribution in [2.75, 3.05) is 0 Å². The van der Waals surface area contributed by atoms with E-state index < -0.39 is 0 Å². The van der Waals surface area contributed by atoms with Gasteiger partial charge in [0.25, 0.3) is 0 Å². The Morgan fingerprint density at radius 2 is 1.17 bits per heavy atom. The van der Waals surface area contributed by atoms with Crippen LogP contribution in [-0.2, 0) is 6.42 Å². The van der Waals surface area contributed by atoms with E-state index >= 15 is 0 Å². The normalized spacial score (nSPS) is 12.3. The lowest BCUT2D eigenvalue weighted by Crippen LogP contribution is -1.96. The molecule has 0 atom stereocenters. The SMILES string of the molecule is Cc1[nH]c(-c2ccc3c(c2-c2[nH]c(C)c(C)c2C)Cc2ccccc2-3)c(C)c1C. The van der Waals surface area contributed by atoms with E-state index in [9.17, 15) is 0 Å². The number of hydrogen-bond acceptors (Lipinski definition) is 0. The van der Waals surface area contributed by atoms with Crippen molar-refractivity contribution in [2.45, 2.75) is 48.0 Å². The molecule has 0 saturated heterocycles. The van der Waals surface area contributed by atoms with Gasteiger partial charge in [-0.25, -0.2) is 0 Å². The fourth-order valence-corrected chi connectivity index (χ4v) is 4.91. The standard InChI is InChI=1S/C27H28N2/c1-14-16(3)26(28-18(14)5)23-12-11-22-21-10-8-7-9-20(21)13-24(22)25(23)27-17(4)15(2)19(6)29-27/h7-12,28-29H,13H2,1-6H3. The van der Waals surface area contributed by atoms with E-state index in [0.29, 0.717) is 0 Å². The van der Waals surface area contributed by atoms with Crippen LogP contribution in [0.15, 0.2) is 36.4 Å². The van der Waals surface area contributed by atoms with Crippen LogP contribution in [0, 0.1) is 41.5 Å². The fourth-order valence-electron chi connectivity index (χ4n) is 4.91. The summed E-state index contributed by atoms with van der Waals surface area (Å²) in [6.45, 7) is 13.3.